The van der Waals surface area contributed by atoms with E-state index in [0.717, 1.165) is 191 Å². The molecule has 12 heterocycles. The monoisotopic (exact) mass is 1650 g/mol. The zero-order valence-corrected chi connectivity index (χ0v) is 68.4. The van der Waals surface area contributed by atoms with Crippen molar-refractivity contribution in [1.29, 1.82) is 0 Å². The Bertz CT molecular complexity index is 5520. The quantitative estimate of drug-likeness (QED) is 0.0261. The van der Waals surface area contributed by atoms with E-state index in [-0.39, 0.29) is 35.8 Å². The second kappa shape index (κ2) is 36.8. The van der Waals surface area contributed by atoms with Crippen LogP contribution in [0.3, 0.4) is 0 Å². The van der Waals surface area contributed by atoms with Gasteiger partial charge in [-0.05, 0) is 202 Å². The Hall–Kier alpha value is -12.9. The number of nitrogens with one attached hydrogen (secondary N) is 8. The van der Waals surface area contributed by atoms with E-state index in [1.807, 2.05) is 142 Å². The van der Waals surface area contributed by atoms with Crippen LogP contribution in [-0.4, -0.2) is 127 Å². The molecule has 0 radical (unpaired) electrons. The molecular weight excluding hydrogens is 1560 g/mol. The number of hydrogen-bond acceptors (Lipinski definition) is 24. The molecule has 4 aromatic carbocycles. The maximum absolute atomic E-state index is 14.5. The summed E-state index contributed by atoms with van der Waals surface area (Å²) in [5.41, 5.74) is 7.09. The van der Waals surface area contributed by atoms with E-state index in [4.69, 9.17) is 41.5 Å². The van der Waals surface area contributed by atoms with Crippen LogP contribution in [0.2, 0.25) is 5.02 Å². The molecule has 622 valence electrons. The van der Waals surface area contributed by atoms with Crippen LogP contribution in [0.5, 0.6) is 0 Å². The van der Waals surface area contributed by atoms with Gasteiger partial charge >= 0.3 is 0 Å². The van der Waals surface area contributed by atoms with E-state index < -0.39 is 11.6 Å². The number of H-pyrrole nitrogens is 4. The minimum absolute atomic E-state index is 0.0693. The first-order valence-corrected chi connectivity index (χ1v) is 42.2. The molecule has 121 heavy (non-hydrogen) atoms. The van der Waals surface area contributed by atoms with Crippen molar-refractivity contribution in [1.82, 2.24) is 101 Å². The van der Waals surface area contributed by atoms with Gasteiger partial charge in [-0.15, -0.1) is 0 Å². The molecule has 0 amide bonds. The SMILES string of the molecule is C/C=C/c1cc(Nc2nc(C3CC3)nc(N3CCCC3c3ccc(Cl)cc3)n2)n[nH]1.C/C=C/c1cc(Nc2nc(C3CC3)nc(N3CCCC3c3ccc(F)cc3)n2)n[nH]1.C/C=C/c1cc(Nc2nc(C3CC3)nc(N3CCCC3c3ccc(F)cc3F)n2)n[nH]1.C/C=C/c1cc(Nc2nc(C3CC3)nc(N3CCCC3c3ccccc3F)n2)n[nH]1. The van der Waals surface area contributed by atoms with Crippen LogP contribution >= 0.6 is 11.6 Å². The van der Waals surface area contributed by atoms with Gasteiger partial charge in [0.2, 0.25) is 47.6 Å². The molecular formula is C88H95ClF4N28. The van der Waals surface area contributed by atoms with Gasteiger partial charge in [-0.2, -0.15) is 80.2 Å². The lowest BCUT2D eigenvalue weighted by atomic mass is 10.0. The third-order valence-electron chi connectivity index (χ3n) is 22.2. The average molecular weight is 1660 g/mol. The maximum atomic E-state index is 14.5. The molecule has 4 aliphatic carbocycles. The molecule has 12 aromatic rings. The normalized spacial score (nSPS) is 19.0. The van der Waals surface area contributed by atoms with Crippen molar-refractivity contribution >= 4 is 107 Å². The smallest absolute Gasteiger partial charge is 0.233 e. The number of allylic oxidation sites excluding steroid dienone is 4. The molecule has 8 aliphatic rings. The highest BCUT2D eigenvalue weighted by atomic mass is 35.5. The zero-order chi connectivity index (χ0) is 82.9. The Kier molecular flexibility index (Phi) is 24.5. The van der Waals surface area contributed by atoms with E-state index in [1.165, 1.54) is 35.9 Å². The second-order valence-corrected chi connectivity index (χ2v) is 31.8. The van der Waals surface area contributed by atoms with Gasteiger partial charge in [-0.25, -0.2) is 17.6 Å². The van der Waals surface area contributed by atoms with Crippen molar-refractivity contribution in [2.75, 3.05) is 67.0 Å². The summed E-state index contributed by atoms with van der Waals surface area (Å²) in [6, 6.07) is 33.2. The first kappa shape index (κ1) is 80.5. The fraction of sp³-hybridized carbons (Fsp3) is 0.364. The van der Waals surface area contributed by atoms with Crippen LogP contribution in [0.1, 0.15) is 247 Å². The predicted octanol–water partition coefficient (Wildman–Crippen LogP) is 19.6. The summed E-state index contributed by atoms with van der Waals surface area (Å²) < 4.78 is 55.8. The van der Waals surface area contributed by atoms with E-state index >= 15 is 0 Å². The number of hydrogen-bond donors (Lipinski definition) is 8. The lowest BCUT2D eigenvalue weighted by molar-refractivity contribution is 0.552. The summed E-state index contributed by atoms with van der Waals surface area (Å²) in [5.74, 6) is 10.3. The number of rotatable bonds is 24. The summed E-state index contributed by atoms with van der Waals surface area (Å²) in [7, 11) is 0. The lowest BCUT2D eigenvalue weighted by Gasteiger charge is -2.26. The van der Waals surface area contributed by atoms with Crippen molar-refractivity contribution in [3.8, 4) is 0 Å². The summed E-state index contributed by atoms with van der Waals surface area (Å²) in [6.07, 6.45) is 32.0. The molecule has 8 aromatic heterocycles. The second-order valence-electron chi connectivity index (χ2n) is 31.4. The Morgan fingerprint density at radius 3 is 0.959 bits per heavy atom. The summed E-state index contributed by atoms with van der Waals surface area (Å²) >= 11 is 6.09. The molecule has 33 heteroatoms. The van der Waals surface area contributed by atoms with Gasteiger partial charge in [0.05, 0.1) is 46.9 Å². The number of benzene rings is 4. The van der Waals surface area contributed by atoms with Crippen molar-refractivity contribution in [2.24, 2.45) is 0 Å². The molecule has 4 unspecified atom stereocenters. The van der Waals surface area contributed by atoms with E-state index in [0.29, 0.717) is 106 Å². The van der Waals surface area contributed by atoms with Gasteiger partial charge < -0.3 is 40.9 Å². The first-order chi connectivity index (χ1) is 59.2. The standard InChI is InChI=1S/C22H24ClN7.C22H23F2N7.2C22H24FN7/c1-2-4-17-13-19(29-28-17)24-21-25-20(15-6-7-15)26-22(27-21)30-12-3-5-18(30)14-8-10-16(23)11-9-14;1-2-4-15-12-19(30-29-15)25-21-26-20(13-6-7-13)27-22(28-21)31-10-3-5-18(31)16-9-8-14(23)11-17(16)24;1-2-6-15-13-19(29-28-15)24-21-25-20(14-10-11-14)26-22(27-21)30-12-5-9-18(30)16-7-3-4-8-17(16)23;1-2-4-17-13-19(29-28-17)24-21-25-20(15-6-7-15)26-22(27-21)30-12-3-5-18(30)14-8-10-16(23)11-9-14/h2,4,8-11,13,15,18H,3,5-7,12H2,1H3,(H2,24,25,26,27,28,29);2,4,8-9,11-13,18H,3,5-7,10H2,1H3,(H2,25,26,27,28,29,30);2-4,6-8,13-14,18H,5,9-12H2,1H3,(H2,24,25,26,27,28,29);2,4,8-11,13,15,18H,3,5-7,12H2,1H3,(H2,24,25,26,27,28,29)/b2*4-2+;6-2+;4-2+. The van der Waals surface area contributed by atoms with Crippen molar-refractivity contribution in [3.05, 3.63) is 236 Å². The van der Waals surface area contributed by atoms with Gasteiger partial charge in [0.15, 0.2) is 23.3 Å². The fourth-order valence-electron chi connectivity index (χ4n) is 15.7. The summed E-state index contributed by atoms with van der Waals surface area (Å²) in [5, 5.41) is 42.5. The van der Waals surface area contributed by atoms with Gasteiger partial charge in [0.25, 0.3) is 0 Å². The third-order valence-corrected chi connectivity index (χ3v) is 22.5. The zero-order valence-electron chi connectivity index (χ0n) is 67.7. The van der Waals surface area contributed by atoms with Crippen LogP contribution in [0.25, 0.3) is 24.3 Å². The largest absolute Gasteiger partial charge is 0.334 e. The van der Waals surface area contributed by atoms with Crippen LogP contribution in [-0.2, 0) is 0 Å². The summed E-state index contributed by atoms with van der Waals surface area (Å²) in [6.45, 7) is 11.1. The van der Waals surface area contributed by atoms with Gasteiger partial charge in [0.1, 0.15) is 46.6 Å². The third kappa shape index (κ3) is 20.0. The Balaban J connectivity index is 0.000000115. The average Bonchev–Trinajstić information content (AvgIpc) is 1.10. The van der Waals surface area contributed by atoms with Crippen LogP contribution in [0.15, 0.2) is 140 Å². The van der Waals surface area contributed by atoms with E-state index in [2.05, 4.69) is 119 Å². The molecule has 0 spiro atoms. The van der Waals surface area contributed by atoms with Crippen molar-refractivity contribution in [2.45, 2.75) is 178 Å². The van der Waals surface area contributed by atoms with E-state index in [1.54, 1.807) is 6.07 Å². The van der Waals surface area contributed by atoms with Gasteiger partial charge in [-0.3, -0.25) is 20.4 Å². The van der Waals surface area contributed by atoms with Crippen LogP contribution in [0, 0.1) is 23.3 Å². The molecule has 8 fully saturated rings. The highest BCUT2D eigenvalue weighted by Crippen LogP contribution is 2.46. The molecule has 4 aliphatic heterocycles. The minimum Gasteiger partial charge on any atom is -0.334 e. The van der Waals surface area contributed by atoms with Crippen LogP contribution in [0.4, 0.5) is 88.4 Å². The highest BCUT2D eigenvalue weighted by molar-refractivity contribution is 6.30. The summed E-state index contributed by atoms with van der Waals surface area (Å²) in [4.78, 5) is 65.0. The Morgan fingerprint density at radius 2 is 0.636 bits per heavy atom. The number of aromatic nitrogens is 20. The Morgan fingerprint density at radius 1 is 0.331 bits per heavy atom. The molecule has 4 saturated carbocycles. The van der Waals surface area contributed by atoms with Gasteiger partial charge in [0, 0.05) is 96.3 Å². The van der Waals surface area contributed by atoms with Crippen LogP contribution < -0.4 is 40.9 Å². The molecule has 4 saturated heterocycles. The predicted molar refractivity (Wildman–Crippen MR) is 461 cm³/mol. The van der Waals surface area contributed by atoms with Gasteiger partial charge in [-0.1, -0.05) is 84.4 Å². The molecule has 8 N–H and O–H groups in total. The molecule has 28 nitrogen and oxygen atoms in total. The Labute approximate surface area is 702 Å². The first-order valence-electron chi connectivity index (χ1n) is 41.8. The molecule has 20 rings (SSSR count). The van der Waals surface area contributed by atoms with E-state index in [9.17, 15) is 17.6 Å². The fourth-order valence-corrected chi connectivity index (χ4v) is 15.9. The van der Waals surface area contributed by atoms with Crippen molar-refractivity contribution in [3.63, 3.8) is 0 Å². The highest BCUT2D eigenvalue weighted by Gasteiger charge is 2.39. The number of aromatic amines is 4. The lowest BCUT2D eigenvalue weighted by Crippen LogP contribution is -2.26. The number of nitrogens with zero attached hydrogens (tertiary/aromatic N) is 20. The maximum Gasteiger partial charge on any atom is 0.233 e. The molecule has 4 atom stereocenters. The number of anilines is 12. The number of halogens is 5. The minimum atomic E-state index is -0.579. The molecule has 0 bridgehead atoms. The van der Waals surface area contributed by atoms with Crippen molar-refractivity contribution < 1.29 is 17.6 Å². The topological polar surface area (TPSA) is 330 Å².